The number of allylic oxidation sites excluding steroid dienone is 3. The van der Waals surface area contributed by atoms with Crippen LogP contribution in [0.3, 0.4) is 0 Å². The van der Waals surface area contributed by atoms with Crippen LogP contribution < -0.4 is 0 Å². The zero-order valence-corrected chi connectivity index (χ0v) is 9.59. The van der Waals surface area contributed by atoms with Crippen molar-refractivity contribution in [3.8, 4) is 0 Å². The predicted molar refractivity (Wildman–Crippen MR) is 57.0 cm³/mol. The van der Waals surface area contributed by atoms with E-state index in [-0.39, 0.29) is 5.92 Å². The largest absolute Gasteiger partial charge is 0.389 e. The van der Waals surface area contributed by atoms with E-state index in [1.807, 2.05) is 27.7 Å². The summed E-state index contributed by atoms with van der Waals surface area (Å²) in [7, 11) is 0. The predicted octanol–water partition coefficient (Wildman–Crippen LogP) is 2.38. The molecule has 1 aliphatic carbocycles. The lowest BCUT2D eigenvalue weighted by Crippen LogP contribution is -2.13. The van der Waals surface area contributed by atoms with Crippen molar-refractivity contribution < 1.29 is 14.3 Å². The number of hydrogen-bond acceptors (Lipinski definition) is 3. The first kappa shape index (κ1) is 11.7. The molecule has 0 aromatic rings. The van der Waals surface area contributed by atoms with Crippen LogP contribution in [0.15, 0.2) is 22.8 Å². The Balaban J connectivity index is 0.000000531. The molecule has 1 unspecified atom stereocenters. The number of esters is 2. The second-order valence-electron chi connectivity index (χ2n) is 3.53. The van der Waals surface area contributed by atoms with Gasteiger partial charge in [-0.05, 0) is 26.3 Å². The van der Waals surface area contributed by atoms with Crippen LogP contribution in [0.1, 0.15) is 34.1 Å². The van der Waals surface area contributed by atoms with Crippen LogP contribution in [0.4, 0.5) is 0 Å². The SMILES string of the molecule is CC.CC1=C(C)CC2C(=O)OC(=O)C2=C1. The third-order valence-corrected chi connectivity index (χ3v) is 2.64. The van der Waals surface area contributed by atoms with Gasteiger partial charge in [0, 0.05) is 0 Å². The second kappa shape index (κ2) is 4.43. The topological polar surface area (TPSA) is 43.4 Å². The monoisotopic (exact) mass is 208 g/mol. The summed E-state index contributed by atoms with van der Waals surface area (Å²) in [5.74, 6) is -1.21. The molecule has 0 aromatic carbocycles. The summed E-state index contributed by atoms with van der Waals surface area (Å²) in [6, 6.07) is 0. The highest BCUT2D eigenvalue weighted by atomic mass is 16.6. The highest BCUT2D eigenvalue weighted by Crippen LogP contribution is 2.34. The fourth-order valence-corrected chi connectivity index (χ4v) is 1.67. The second-order valence-corrected chi connectivity index (χ2v) is 3.53. The Kier molecular flexibility index (Phi) is 3.45. The van der Waals surface area contributed by atoms with E-state index in [0.717, 1.165) is 11.1 Å². The molecule has 0 saturated carbocycles. The van der Waals surface area contributed by atoms with Crippen LogP contribution in [-0.2, 0) is 14.3 Å². The van der Waals surface area contributed by atoms with E-state index in [9.17, 15) is 9.59 Å². The maximum Gasteiger partial charge on any atom is 0.342 e. The molecular formula is C12H16O3. The lowest BCUT2D eigenvalue weighted by atomic mass is 9.86. The fraction of sp³-hybridized carbons (Fsp3) is 0.500. The Morgan fingerprint density at radius 1 is 1.27 bits per heavy atom. The van der Waals surface area contributed by atoms with E-state index in [0.29, 0.717) is 12.0 Å². The van der Waals surface area contributed by atoms with Gasteiger partial charge in [-0.15, -0.1) is 0 Å². The Morgan fingerprint density at radius 3 is 2.47 bits per heavy atom. The maximum atomic E-state index is 11.2. The van der Waals surface area contributed by atoms with Gasteiger partial charge >= 0.3 is 11.9 Å². The average molecular weight is 208 g/mol. The zero-order chi connectivity index (χ0) is 11.6. The van der Waals surface area contributed by atoms with E-state index >= 15 is 0 Å². The number of fused-ring (bicyclic) bond motifs is 1. The minimum Gasteiger partial charge on any atom is -0.389 e. The summed E-state index contributed by atoms with van der Waals surface area (Å²) in [6.07, 6.45) is 2.39. The van der Waals surface area contributed by atoms with Crippen molar-refractivity contribution >= 4 is 11.9 Å². The van der Waals surface area contributed by atoms with Gasteiger partial charge in [0.25, 0.3) is 0 Å². The van der Waals surface area contributed by atoms with Gasteiger partial charge in [0.2, 0.25) is 0 Å². The van der Waals surface area contributed by atoms with Gasteiger partial charge < -0.3 is 4.74 Å². The molecule has 82 valence electrons. The molecule has 3 nitrogen and oxygen atoms in total. The van der Waals surface area contributed by atoms with Crippen molar-refractivity contribution in [2.75, 3.05) is 0 Å². The van der Waals surface area contributed by atoms with Crippen molar-refractivity contribution in [1.82, 2.24) is 0 Å². The number of carbonyl (C=O) groups excluding carboxylic acids is 2. The van der Waals surface area contributed by atoms with Gasteiger partial charge in [-0.3, -0.25) is 4.79 Å². The third kappa shape index (κ3) is 2.01. The lowest BCUT2D eigenvalue weighted by Gasteiger charge is -2.14. The standard InChI is InChI=1S/C10H10O3.C2H6/c1-5-3-7-8(4-6(5)2)10(12)13-9(7)11;1-2/h3,8H,4H2,1-2H3;1-2H3. The molecule has 0 N–H and O–H groups in total. The van der Waals surface area contributed by atoms with Gasteiger partial charge in [0.1, 0.15) is 0 Å². The van der Waals surface area contributed by atoms with E-state index in [2.05, 4.69) is 4.74 Å². The summed E-state index contributed by atoms with van der Waals surface area (Å²) in [4.78, 5) is 22.3. The molecule has 0 amide bonds. The Hall–Kier alpha value is -1.38. The van der Waals surface area contributed by atoms with Crippen LogP contribution >= 0.6 is 0 Å². The summed E-state index contributed by atoms with van der Waals surface area (Å²) in [5, 5.41) is 0. The first-order valence-electron chi connectivity index (χ1n) is 5.23. The molecule has 3 heteroatoms. The number of rotatable bonds is 0. The van der Waals surface area contributed by atoms with Crippen LogP contribution in [0.2, 0.25) is 0 Å². The molecule has 0 radical (unpaired) electrons. The van der Waals surface area contributed by atoms with Gasteiger partial charge in [-0.2, -0.15) is 0 Å². The summed E-state index contributed by atoms with van der Waals surface area (Å²) >= 11 is 0. The van der Waals surface area contributed by atoms with Crippen molar-refractivity contribution in [2.24, 2.45) is 5.92 Å². The highest BCUT2D eigenvalue weighted by molar-refractivity contribution is 6.08. The molecule has 1 atom stereocenters. The molecular weight excluding hydrogens is 192 g/mol. The normalized spacial score (nSPS) is 24.0. The number of ether oxygens (including phenoxy) is 1. The quantitative estimate of drug-likeness (QED) is 0.453. The van der Waals surface area contributed by atoms with E-state index in [1.165, 1.54) is 0 Å². The average Bonchev–Trinajstić information content (AvgIpc) is 2.48. The Morgan fingerprint density at radius 2 is 1.87 bits per heavy atom. The van der Waals surface area contributed by atoms with E-state index in [4.69, 9.17) is 0 Å². The molecule has 1 aliphatic heterocycles. The molecule has 1 heterocycles. The van der Waals surface area contributed by atoms with E-state index in [1.54, 1.807) is 6.08 Å². The van der Waals surface area contributed by atoms with Crippen molar-refractivity contribution in [3.05, 3.63) is 22.8 Å². The Labute approximate surface area is 89.8 Å². The third-order valence-electron chi connectivity index (χ3n) is 2.64. The van der Waals surface area contributed by atoms with Gasteiger partial charge in [0.15, 0.2) is 0 Å². The molecule has 1 fully saturated rings. The Bertz CT molecular complexity index is 361. The molecule has 0 spiro atoms. The van der Waals surface area contributed by atoms with Crippen LogP contribution in [-0.4, -0.2) is 11.9 Å². The van der Waals surface area contributed by atoms with Crippen LogP contribution in [0.25, 0.3) is 0 Å². The number of cyclic esters (lactones) is 2. The molecule has 15 heavy (non-hydrogen) atoms. The van der Waals surface area contributed by atoms with Crippen molar-refractivity contribution in [3.63, 3.8) is 0 Å². The minimum atomic E-state index is -0.471. The van der Waals surface area contributed by atoms with Crippen LogP contribution in [0.5, 0.6) is 0 Å². The van der Waals surface area contributed by atoms with Gasteiger partial charge in [0.05, 0.1) is 11.5 Å². The van der Waals surface area contributed by atoms with Gasteiger partial charge in [-0.1, -0.05) is 25.0 Å². The minimum absolute atomic E-state index is 0.337. The summed E-state index contributed by atoms with van der Waals surface area (Å²) < 4.78 is 4.53. The maximum absolute atomic E-state index is 11.2. The van der Waals surface area contributed by atoms with Crippen molar-refractivity contribution in [2.45, 2.75) is 34.1 Å². The summed E-state index contributed by atoms with van der Waals surface area (Å²) in [6.45, 7) is 7.91. The summed E-state index contributed by atoms with van der Waals surface area (Å²) in [5.41, 5.74) is 2.74. The number of hydrogen-bond donors (Lipinski definition) is 0. The first-order chi connectivity index (χ1) is 7.09. The highest BCUT2D eigenvalue weighted by Gasteiger charge is 2.40. The van der Waals surface area contributed by atoms with Crippen LogP contribution in [0, 0.1) is 5.92 Å². The van der Waals surface area contributed by atoms with Crippen molar-refractivity contribution in [1.29, 1.82) is 0 Å². The van der Waals surface area contributed by atoms with Gasteiger partial charge in [-0.25, -0.2) is 4.79 Å². The zero-order valence-electron chi connectivity index (χ0n) is 9.59. The smallest absolute Gasteiger partial charge is 0.342 e. The number of carbonyl (C=O) groups is 2. The molecule has 2 aliphatic rings. The molecule has 0 aromatic heterocycles. The van der Waals surface area contributed by atoms with E-state index < -0.39 is 11.9 Å². The lowest BCUT2D eigenvalue weighted by molar-refractivity contribution is -0.152. The molecule has 1 saturated heterocycles. The molecule has 0 bridgehead atoms. The fourth-order valence-electron chi connectivity index (χ4n) is 1.67. The molecule has 2 rings (SSSR count). The first-order valence-corrected chi connectivity index (χ1v) is 5.23.